The molecule has 0 fully saturated rings. The maximum atomic E-state index is 12.0. The number of carboxylic acids is 1. The maximum Gasteiger partial charge on any atom is 0.337 e. The third-order valence-electron chi connectivity index (χ3n) is 3.68. The number of hydrogen-bond acceptors (Lipinski definition) is 3. The molecular formula is C18H20N2O3. The van der Waals surface area contributed by atoms with Crippen LogP contribution in [0.2, 0.25) is 0 Å². The van der Waals surface area contributed by atoms with Gasteiger partial charge in [0.05, 0.1) is 11.3 Å². The number of nitrogens with zero attached hydrogens (tertiary/aromatic N) is 1. The number of nitrogens with one attached hydrogen (secondary N) is 1. The summed E-state index contributed by atoms with van der Waals surface area (Å²) < 4.78 is 0. The van der Waals surface area contributed by atoms with Gasteiger partial charge in [-0.2, -0.15) is 0 Å². The average Bonchev–Trinajstić information content (AvgIpc) is 2.55. The van der Waals surface area contributed by atoms with Crippen LogP contribution >= 0.6 is 0 Å². The van der Waals surface area contributed by atoms with E-state index in [1.807, 2.05) is 0 Å². The Bertz CT molecular complexity index is 709. The monoisotopic (exact) mass is 312 g/mol. The van der Waals surface area contributed by atoms with Crippen LogP contribution in [-0.4, -0.2) is 28.5 Å². The zero-order valence-electron chi connectivity index (χ0n) is 13.3. The Labute approximate surface area is 135 Å². The Kier molecular flexibility index (Phi) is 5.46. The Morgan fingerprint density at radius 2 is 1.74 bits per heavy atom. The van der Waals surface area contributed by atoms with Crippen LogP contribution in [0.1, 0.15) is 44.6 Å². The lowest BCUT2D eigenvalue weighted by molar-refractivity contribution is 0.0694. The molecule has 0 radical (unpaired) electrons. The molecule has 0 saturated heterocycles. The van der Waals surface area contributed by atoms with Gasteiger partial charge in [0, 0.05) is 6.54 Å². The molecule has 1 aromatic heterocycles. The first-order chi connectivity index (χ1) is 11.0. The van der Waals surface area contributed by atoms with Crippen LogP contribution in [0, 0.1) is 6.92 Å². The number of aromatic carboxylic acids is 1. The van der Waals surface area contributed by atoms with E-state index in [9.17, 15) is 9.59 Å². The number of aromatic nitrogens is 1. The Balaban J connectivity index is 1.91. The lowest BCUT2D eigenvalue weighted by Gasteiger charge is -2.07. The first-order valence-electron chi connectivity index (χ1n) is 7.58. The lowest BCUT2D eigenvalue weighted by Crippen LogP contribution is -2.27. The molecular weight excluding hydrogens is 292 g/mol. The van der Waals surface area contributed by atoms with Gasteiger partial charge in [0.25, 0.3) is 5.91 Å². The standard InChI is InChI=1S/C18H20N2O3/c1-3-13-4-6-14(7-5-13)10-11-19-17(21)16-9-8-15(18(22)23)12(2)20-16/h4-9H,3,10-11H2,1-2H3,(H,19,21)(H,22,23). The minimum absolute atomic E-state index is 0.109. The van der Waals surface area contributed by atoms with Crippen molar-refractivity contribution in [3.8, 4) is 0 Å². The topological polar surface area (TPSA) is 79.3 Å². The summed E-state index contributed by atoms with van der Waals surface area (Å²) in [5.74, 6) is -1.34. The number of aryl methyl sites for hydroxylation is 2. The van der Waals surface area contributed by atoms with Crippen LogP contribution in [0.5, 0.6) is 0 Å². The summed E-state index contributed by atoms with van der Waals surface area (Å²) in [6, 6.07) is 11.1. The summed E-state index contributed by atoms with van der Waals surface area (Å²) in [4.78, 5) is 27.0. The molecule has 1 aromatic carbocycles. The van der Waals surface area contributed by atoms with E-state index in [1.54, 1.807) is 6.92 Å². The van der Waals surface area contributed by atoms with Crippen LogP contribution in [0.15, 0.2) is 36.4 Å². The number of amides is 1. The molecule has 0 saturated carbocycles. The van der Waals surface area contributed by atoms with Crippen molar-refractivity contribution in [1.82, 2.24) is 10.3 Å². The van der Waals surface area contributed by atoms with Gasteiger partial charge < -0.3 is 10.4 Å². The minimum Gasteiger partial charge on any atom is -0.478 e. The molecule has 0 bridgehead atoms. The fourth-order valence-corrected chi connectivity index (χ4v) is 2.27. The van der Waals surface area contributed by atoms with Gasteiger partial charge in [0.1, 0.15) is 5.69 Å². The third-order valence-corrected chi connectivity index (χ3v) is 3.68. The highest BCUT2D eigenvalue weighted by molar-refractivity contribution is 5.94. The summed E-state index contributed by atoms with van der Waals surface area (Å²) in [7, 11) is 0. The van der Waals surface area contributed by atoms with Crippen molar-refractivity contribution >= 4 is 11.9 Å². The van der Waals surface area contributed by atoms with Crippen molar-refractivity contribution < 1.29 is 14.7 Å². The highest BCUT2D eigenvalue weighted by Crippen LogP contribution is 2.08. The van der Waals surface area contributed by atoms with Gasteiger partial charge in [-0.05, 0) is 43.0 Å². The smallest absolute Gasteiger partial charge is 0.337 e. The van der Waals surface area contributed by atoms with Gasteiger partial charge in [-0.1, -0.05) is 31.2 Å². The Hall–Kier alpha value is -2.69. The number of carboxylic acid groups (broad SMARTS) is 1. The van der Waals surface area contributed by atoms with E-state index in [2.05, 4.69) is 41.5 Å². The van der Waals surface area contributed by atoms with Gasteiger partial charge >= 0.3 is 5.97 Å². The molecule has 2 aromatic rings. The second kappa shape index (κ2) is 7.54. The second-order valence-electron chi connectivity index (χ2n) is 5.31. The third kappa shape index (κ3) is 4.39. The molecule has 0 unspecified atom stereocenters. The van der Waals surface area contributed by atoms with Crippen LogP contribution in [0.4, 0.5) is 0 Å². The molecule has 1 amide bonds. The van der Waals surface area contributed by atoms with Crippen molar-refractivity contribution in [2.24, 2.45) is 0 Å². The van der Waals surface area contributed by atoms with Crippen molar-refractivity contribution in [3.05, 3.63) is 64.5 Å². The molecule has 0 aliphatic carbocycles. The average molecular weight is 312 g/mol. The summed E-state index contributed by atoms with van der Waals surface area (Å²) >= 11 is 0. The van der Waals surface area contributed by atoms with E-state index in [1.165, 1.54) is 17.7 Å². The lowest BCUT2D eigenvalue weighted by atomic mass is 10.1. The quantitative estimate of drug-likeness (QED) is 0.859. The van der Waals surface area contributed by atoms with E-state index in [0.29, 0.717) is 12.2 Å². The molecule has 0 aliphatic heterocycles. The fourth-order valence-electron chi connectivity index (χ4n) is 2.27. The van der Waals surface area contributed by atoms with Crippen LogP contribution in [0.3, 0.4) is 0 Å². The Morgan fingerprint density at radius 3 is 2.30 bits per heavy atom. The second-order valence-corrected chi connectivity index (χ2v) is 5.31. The zero-order chi connectivity index (χ0) is 16.8. The van der Waals surface area contributed by atoms with Gasteiger partial charge in [-0.3, -0.25) is 4.79 Å². The molecule has 5 nitrogen and oxygen atoms in total. The van der Waals surface area contributed by atoms with E-state index >= 15 is 0 Å². The first-order valence-corrected chi connectivity index (χ1v) is 7.58. The molecule has 120 valence electrons. The maximum absolute atomic E-state index is 12.0. The molecule has 2 rings (SSSR count). The number of hydrogen-bond donors (Lipinski definition) is 2. The Morgan fingerprint density at radius 1 is 1.09 bits per heavy atom. The predicted octanol–water partition coefficient (Wildman–Crippen LogP) is 2.62. The SMILES string of the molecule is CCc1ccc(CCNC(=O)c2ccc(C(=O)O)c(C)n2)cc1. The molecule has 0 atom stereocenters. The van der Waals surface area contributed by atoms with Crippen molar-refractivity contribution in [1.29, 1.82) is 0 Å². The van der Waals surface area contributed by atoms with Crippen LogP contribution < -0.4 is 5.32 Å². The van der Waals surface area contributed by atoms with Crippen LogP contribution in [-0.2, 0) is 12.8 Å². The van der Waals surface area contributed by atoms with Gasteiger partial charge in [0.15, 0.2) is 0 Å². The van der Waals surface area contributed by atoms with Crippen molar-refractivity contribution in [2.45, 2.75) is 26.7 Å². The van der Waals surface area contributed by atoms with E-state index in [-0.39, 0.29) is 17.2 Å². The minimum atomic E-state index is -1.04. The molecule has 23 heavy (non-hydrogen) atoms. The van der Waals surface area contributed by atoms with Crippen molar-refractivity contribution in [2.75, 3.05) is 6.54 Å². The summed E-state index contributed by atoms with van der Waals surface area (Å²) in [5.41, 5.74) is 3.12. The fraction of sp³-hybridized carbons (Fsp3) is 0.278. The zero-order valence-corrected chi connectivity index (χ0v) is 13.3. The molecule has 1 heterocycles. The van der Waals surface area contributed by atoms with Crippen molar-refractivity contribution in [3.63, 3.8) is 0 Å². The molecule has 2 N–H and O–H groups in total. The van der Waals surface area contributed by atoms with Crippen LogP contribution in [0.25, 0.3) is 0 Å². The van der Waals surface area contributed by atoms with E-state index in [0.717, 1.165) is 18.4 Å². The number of rotatable bonds is 6. The predicted molar refractivity (Wildman–Crippen MR) is 87.8 cm³/mol. The van der Waals surface area contributed by atoms with Gasteiger partial charge in [-0.15, -0.1) is 0 Å². The van der Waals surface area contributed by atoms with E-state index in [4.69, 9.17) is 5.11 Å². The van der Waals surface area contributed by atoms with Gasteiger partial charge in [-0.25, -0.2) is 9.78 Å². The number of benzene rings is 1. The highest BCUT2D eigenvalue weighted by atomic mass is 16.4. The summed E-state index contributed by atoms with van der Waals surface area (Å²) in [5, 5.41) is 11.8. The number of carbonyl (C=O) groups is 2. The number of carbonyl (C=O) groups excluding carboxylic acids is 1. The largest absolute Gasteiger partial charge is 0.478 e. The highest BCUT2D eigenvalue weighted by Gasteiger charge is 2.12. The van der Waals surface area contributed by atoms with E-state index < -0.39 is 5.97 Å². The molecule has 0 aliphatic rings. The normalized spacial score (nSPS) is 10.3. The van der Waals surface area contributed by atoms with Gasteiger partial charge in [0.2, 0.25) is 0 Å². The summed E-state index contributed by atoms with van der Waals surface area (Å²) in [6.45, 7) is 4.20. The first kappa shape index (κ1) is 16.7. The number of pyridine rings is 1. The molecule has 5 heteroatoms. The summed E-state index contributed by atoms with van der Waals surface area (Å²) in [6.07, 6.45) is 1.75. The molecule has 0 spiro atoms.